The molecule has 3 aliphatic rings. The van der Waals surface area contributed by atoms with Crippen molar-refractivity contribution in [1.82, 2.24) is 0 Å². The third-order valence-corrected chi connectivity index (χ3v) is 13.8. The lowest BCUT2D eigenvalue weighted by Gasteiger charge is -2.55. The quantitative estimate of drug-likeness (QED) is 0.202. The Labute approximate surface area is 342 Å². The predicted octanol–water partition coefficient (Wildman–Crippen LogP) is 6.27. The van der Waals surface area contributed by atoms with Crippen LogP contribution in [0.5, 0.6) is 0 Å². The first-order chi connectivity index (χ1) is 26.6. The molecule has 0 aliphatic carbocycles. The summed E-state index contributed by atoms with van der Waals surface area (Å²) in [5.41, 5.74) is -2.18. The second-order valence-electron chi connectivity index (χ2n) is 18.2. The normalized spacial score (nSPS) is 46.2. The first-order valence-electron chi connectivity index (χ1n) is 21.7. The highest BCUT2D eigenvalue weighted by atomic mass is 16.7. The number of fused-ring (bicyclic) bond motifs is 2. The maximum Gasteiger partial charge on any atom is 0.330 e. The highest BCUT2D eigenvalue weighted by Crippen LogP contribution is 2.49. The van der Waals surface area contributed by atoms with Gasteiger partial charge in [0.15, 0.2) is 11.6 Å². The Morgan fingerprint density at radius 3 is 2.11 bits per heavy atom. The molecule has 2 fully saturated rings. The molecule has 0 saturated carbocycles. The van der Waals surface area contributed by atoms with Crippen LogP contribution >= 0.6 is 0 Å². The molecule has 3 heterocycles. The third-order valence-electron chi connectivity index (χ3n) is 13.8. The van der Waals surface area contributed by atoms with Gasteiger partial charge in [0, 0.05) is 48.0 Å². The summed E-state index contributed by atoms with van der Waals surface area (Å²) < 4.78 is 20.1. The Morgan fingerprint density at radius 2 is 1.47 bits per heavy atom. The number of carbonyl (C=O) groups is 3. The zero-order chi connectivity index (χ0) is 43.0. The van der Waals surface area contributed by atoms with Crippen LogP contribution in [0, 0.1) is 53.3 Å². The molecule has 0 radical (unpaired) electrons. The second-order valence-corrected chi connectivity index (χ2v) is 18.2. The Kier molecular flexibility index (Phi) is 18.4. The van der Waals surface area contributed by atoms with Crippen molar-refractivity contribution in [2.45, 2.75) is 182 Å². The largest absolute Gasteiger partial charge is 0.458 e. The van der Waals surface area contributed by atoms with Crippen LogP contribution in [0.4, 0.5) is 0 Å². The van der Waals surface area contributed by atoms with E-state index in [1.165, 1.54) is 39.8 Å². The summed E-state index contributed by atoms with van der Waals surface area (Å²) >= 11 is 0. The molecule has 0 unspecified atom stereocenters. The molecule has 0 aromatic heterocycles. The van der Waals surface area contributed by atoms with Crippen LogP contribution in [-0.4, -0.2) is 97.2 Å². The number of ether oxygens (including phenoxy) is 3. The van der Waals surface area contributed by atoms with Crippen LogP contribution in [0.25, 0.3) is 0 Å². The molecular weight excluding hydrogens is 728 g/mol. The standard InChI is InChI=1S/C46H76O11/c1-12-34-18-16-14-15-17-28(5)43(52)45(11,54)44(53)32(9)41(51)31(8)40(50)30(7)39(49)27(4)19-22-38(48)55-42-29(6)36(21-20-34)56-46(33(42)10)24-23-26(3)37(57-46)25-35(47)13-2/h14-16,18-19,22,26-37,39,41-43,47,49,51-52,54H,12-13,17,20-21,23-25H2,1-11H3/b15-14+,18-16+,22-19+/t26-,27-,28-,29-,30-,31-,32-,33-,34-,35+,36-,37-,39+,41+,42+,43-,45+,46-/m1/s1. The Bertz CT molecular complexity index is 1410. The van der Waals surface area contributed by atoms with Crippen molar-refractivity contribution in [3.63, 3.8) is 0 Å². The van der Waals surface area contributed by atoms with E-state index in [0.717, 1.165) is 19.3 Å². The smallest absolute Gasteiger partial charge is 0.330 e. The molecule has 5 N–H and O–H groups in total. The van der Waals surface area contributed by atoms with Gasteiger partial charge < -0.3 is 39.7 Å². The molecule has 3 rings (SSSR count). The minimum Gasteiger partial charge on any atom is -0.458 e. The molecule has 0 amide bonds. The number of aliphatic hydroxyl groups excluding tert-OH is 4. The van der Waals surface area contributed by atoms with Gasteiger partial charge in [0.25, 0.3) is 0 Å². The van der Waals surface area contributed by atoms with Gasteiger partial charge in [-0.05, 0) is 69.6 Å². The van der Waals surface area contributed by atoms with Crippen LogP contribution in [0.3, 0.4) is 0 Å². The summed E-state index contributed by atoms with van der Waals surface area (Å²) in [6.07, 6.45) is 10.3. The molecule has 1 spiro atoms. The highest BCUT2D eigenvalue weighted by Gasteiger charge is 2.56. The maximum atomic E-state index is 13.6. The van der Waals surface area contributed by atoms with E-state index in [1.807, 2.05) is 39.0 Å². The molecule has 0 aromatic carbocycles. The molecule has 18 atom stereocenters. The Hall–Kier alpha value is -2.25. The number of Topliss-reactive ketones (excluding diaryl/α,β-unsaturated/α-hetero) is 2. The molecule has 11 nitrogen and oxygen atoms in total. The summed E-state index contributed by atoms with van der Waals surface area (Å²) in [5.74, 6) is -7.28. The number of hydrogen-bond acceptors (Lipinski definition) is 11. The van der Waals surface area contributed by atoms with Gasteiger partial charge in [-0.25, -0.2) is 4.79 Å². The zero-order valence-corrected chi connectivity index (χ0v) is 36.5. The summed E-state index contributed by atoms with van der Waals surface area (Å²) in [4.78, 5) is 40.6. The second kappa shape index (κ2) is 21.3. The third kappa shape index (κ3) is 12.0. The fraction of sp³-hybridized carbons (Fsp3) is 0.804. The van der Waals surface area contributed by atoms with E-state index in [1.54, 1.807) is 13.8 Å². The van der Waals surface area contributed by atoms with Crippen LogP contribution in [0.15, 0.2) is 36.5 Å². The summed E-state index contributed by atoms with van der Waals surface area (Å²) in [7, 11) is 0. The Balaban J connectivity index is 1.99. The van der Waals surface area contributed by atoms with Gasteiger partial charge in [0.05, 0.1) is 36.6 Å². The van der Waals surface area contributed by atoms with Crippen molar-refractivity contribution in [3.8, 4) is 0 Å². The number of esters is 1. The maximum absolute atomic E-state index is 13.6. The van der Waals surface area contributed by atoms with Crippen molar-refractivity contribution in [1.29, 1.82) is 0 Å². The molecule has 2 saturated heterocycles. The molecule has 3 aliphatic heterocycles. The topological polar surface area (TPSA) is 180 Å². The van der Waals surface area contributed by atoms with Gasteiger partial charge in [-0.3, -0.25) is 9.59 Å². The van der Waals surface area contributed by atoms with Gasteiger partial charge >= 0.3 is 5.97 Å². The zero-order valence-electron chi connectivity index (χ0n) is 36.5. The van der Waals surface area contributed by atoms with Crippen molar-refractivity contribution >= 4 is 17.5 Å². The van der Waals surface area contributed by atoms with Crippen LogP contribution in [-0.2, 0) is 28.6 Å². The first kappa shape index (κ1) is 49.1. The van der Waals surface area contributed by atoms with E-state index in [9.17, 15) is 39.9 Å². The molecule has 326 valence electrons. The number of rotatable bonds is 4. The fourth-order valence-electron chi connectivity index (χ4n) is 9.11. The summed E-state index contributed by atoms with van der Waals surface area (Å²) in [5, 5.41) is 55.4. The lowest BCUT2D eigenvalue weighted by atomic mass is 9.74. The van der Waals surface area contributed by atoms with Crippen molar-refractivity contribution in [3.05, 3.63) is 36.5 Å². The van der Waals surface area contributed by atoms with Crippen LogP contribution < -0.4 is 0 Å². The lowest BCUT2D eigenvalue weighted by Crippen LogP contribution is -2.62. The monoisotopic (exact) mass is 805 g/mol. The van der Waals surface area contributed by atoms with Gasteiger partial charge in [-0.1, -0.05) is 99.6 Å². The van der Waals surface area contributed by atoms with Gasteiger partial charge in [-0.2, -0.15) is 0 Å². The Morgan fingerprint density at radius 1 is 0.825 bits per heavy atom. The van der Waals surface area contributed by atoms with Gasteiger partial charge in [0.2, 0.25) is 0 Å². The average Bonchev–Trinajstić information content (AvgIpc) is 3.19. The number of aliphatic hydroxyl groups is 5. The van der Waals surface area contributed by atoms with Gasteiger partial charge in [-0.15, -0.1) is 0 Å². The van der Waals surface area contributed by atoms with Crippen molar-refractivity contribution in [2.75, 3.05) is 0 Å². The lowest BCUT2D eigenvalue weighted by molar-refractivity contribution is -0.371. The van der Waals surface area contributed by atoms with E-state index < -0.39 is 89.0 Å². The predicted molar refractivity (Wildman–Crippen MR) is 220 cm³/mol. The molecule has 11 heteroatoms. The van der Waals surface area contributed by atoms with E-state index >= 15 is 0 Å². The van der Waals surface area contributed by atoms with Gasteiger partial charge in [0.1, 0.15) is 17.5 Å². The molecular formula is C46H76O11. The number of hydrogen-bond donors (Lipinski definition) is 5. The SMILES string of the molecule is CC[C@H](O)C[C@H]1O[C@@]2(CC[C@H]1C)O[C@@H]1CC[C@H](CC)/C=C/C=C/C[C@@H](C)[C@@H](O)[C@](C)(O)C(=O)[C@H](C)[C@@H](O)[C@H](C)C(=O)[C@H](C)[C@@H](O)[C@H](C)/C=C/C(=O)O[C@@H]([C@@H]1C)[C@H]2C. The minimum absolute atomic E-state index is 0.168. The van der Waals surface area contributed by atoms with Crippen molar-refractivity contribution in [2.24, 2.45) is 53.3 Å². The minimum atomic E-state index is -2.18. The van der Waals surface area contributed by atoms with E-state index in [2.05, 4.69) is 19.9 Å². The average molecular weight is 805 g/mol. The van der Waals surface area contributed by atoms with Crippen molar-refractivity contribution < 1.29 is 54.1 Å². The highest BCUT2D eigenvalue weighted by molar-refractivity contribution is 5.91. The van der Waals surface area contributed by atoms with E-state index in [4.69, 9.17) is 14.2 Å². The molecule has 2 bridgehead atoms. The first-order valence-corrected chi connectivity index (χ1v) is 21.7. The van der Waals surface area contributed by atoms with Crippen LogP contribution in [0.2, 0.25) is 0 Å². The molecule has 57 heavy (non-hydrogen) atoms. The number of carbonyl (C=O) groups excluding carboxylic acids is 3. The molecule has 0 aromatic rings. The number of ketones is 2. The van der Waals surface area contributed by atoms with E-state index in [-0.39, 0.29) is 35.9 Å². The van der Waals surface area contributed by atoms with Crippen LogP contribution in [0.1, 0.15) is 128 Å². The summed E-state index contributed by atoms with van der Waals surface area (Å²) in [6.45, 7) is 19.4. The van der Waals surface area contributed by atoms with E-state index in [0.29, 0.717) is 32.1 Å². The number of allylic oxidation sites excluding steroid dienone is 4. The fourth-order valence-corrected chi connectivity index (χ4v) is 9.11. The summed E-state index contributed by atoms with van der Waals surface area (Å²) in [6, 6.07) is 0.